The summed E-state index contributed by atoms with van der Waals surface area (Å²) in [5.74, 6) is 0.795. The van der Waals surface area contributed by atoms with Gasteiger partial charge in [0, 0.05) is 30.5 Å². The van der Waals surface area contributed by atoms with Gasteiger partial charge in [-0.15, -0.1) is 0 Å². The summed E-state index contributed by atoms with van der Waals surface area (Å²) in [5, 5.41) is 15.0. The molecule has 0 bridgehead atoms. The second-order valence-corrected chi connectivity index (χ2v) is 5.85. The van der Waals surface area contributed by atoms with Crippen molar-refractivity contribution in [2.75, 3.05) is 18.1 Å². The van der Waals surface area contributed by atoms with Crippen LogP contribution in [0, 0.1) is 5.92 Å². The van der Waals surface area contributed by atoms with Gasteiger partial charge in [0.2, 0.25) is 5.91 Å². The molecule has 1 heterocycles. The van der Waals surface area contributed by atoms with E-state index in [9.17, 15) is 9.59 Å². The van der Waals surface area contributed by atoms with E-state index in [1.165, 1.54) is 0 Å². The number of carboxylic acids is 1. The lowest BCUT2D eigenvalue weighted by atomic mass is 9.99. The molecule has 3 N–H and O–H groups in total. The molecule has 5 nitrogen and oxygen atoms in total. The molecule has 1 amide bonds. The molecule has 0 aromatic heterocycles. The van der Waals surface area contributed by atoms with Crippen LogP contribution < -0.4 is 10.6 Å². The fraction of sp³-hybridized carbons (Fsp3) is 0.833. The van der Waals surface area contributed by atoms with Crippen molar-refractivity contribution in [1.82, 2.24) is 10.6 Å². The van der Waals surface area contributed by atoms with Gasteiger partial charge in [0.05, 0.1) is 0 Å². The lowest BCUT2D eigenvalue weighted by Gasteiger charge is -2.25. The predicted molar refractivity (Wildman–Crippen MR) is 72.8 cm³/mol. The van der Waals surface area contributed by atoms with Crippen LogP contribution in [0.1, 0.15) is 26.7 Å². The minimum atomic E-state index is -0.955. The van der Waals surface area contributed by atoms with Crippen LogP contribution in [0.4, 0.5) is 0 Å². The zero-order valence-electron chi connectivity index (χ0n) is 10.9. The molecule has 0 spiro atoms. The quantitative estimate of drug-likeness (QED) is 0.664. The van der Waals surface area contributed by atoms with Gasteiger partial charge in [0.1, 0.15) is 6.04 Å². The summed E-state index contributed by atoms with van der Waals surface area (Å²) in [6, 6.07) is -0.617. The van der Waals surface area contributed by atoms with Crippen LogP contribution in [0.3, 0.4) is 0 Å². The molecule has 0 aromatic rings. The highest BCUT2D eigenvalue weighted by Crippen LogP contribution is 2.12. The zero-order valence-corrected chi connectivity index (χ0v) is 11.8. The first-order chi connectivity index (χ1) is 8.54. The van der Waals surface area contributed by atoms with E-state index < -0.39 is 12.0 Å². The summed E-state index contributed by atoms with van der Waals surface area (Å²) in [4.78, 5) is 22.9. The molecule has 18 heavy (non-hydrogen) atoms. The van der Waals surface area contributed by atoms with Crippen molar-refractivity contribution < 1.29 is 14.7 Å². The number of thioether (sulfide) groups is 1. The van der Waals surface area contributed by atoms with Crippen LogP contribution in [0.15, 0.2) is 0 Å². The van der Waals surface area contributed by atoms with Crippen LogP contribution in [-0.4, -0.2) is 47.1 Å². The Labute approximate surface area is 112 Å². The summed E-state index contributed by atoms with van der Waals surface area (Å²) in [5.41, 5.74) is 0. The van der Waals surface area contributed by atoms with E-state index in [0.29, 0.717) is 6.42 Å². The summed E-state index contributed by atoms with van der Waals surface area (Å²) < 4.78 is 0. The molecule has 1 unspecified atom stereocenters. The molecule has 1 aliphatic heterocycles. The molecule has 104 valence electrons. The van der Waals surface area contributed by atoms with Crippen molar-refractivity contribution in [1.29, 1.82) is 0 Å². The number of nitrogens with one attached hydrogen (secondary N) is 2. The Kier molecular flexibility index (Phi) is 6.49. The van der Waals surface area contributed by atoms with Gasteiger partial charge in [0.25, 0.3) is 0 Å². The average Bonchev–Trinajstić information content (AvgIpc) is 2.36. The second-order valence-electron chi connectivity index (χ2n) is 4.70. The van der Waals surface area contributed by atoms with Crippen molar-refractivity contribution in [2.24, 2.45) is 5.92 Å². The van der Waals surface area contributed by atoms with Crippen LogP contribution in [-0.2, 0) is 9.59 Å². The molecular weight excluding hydrogens is 252 g/mol. The predicted octanol–water partition coefficient (Wildman–Crippen LogP) is 0.697. The summed E-state index contributed by atoms with van der Waals surface area (Å²) >= 11 is 1.82. The first-order valence-corrected chi connectivity index (χ1v) is 7.53. The molecule has 1 rings (SSSR count). The third-order valence-electron chi connectivity index (χ3n) is 3.23. The van der Waals surface area contributed by atoms with Gasteiger partial charge < -0.3 is 15.7 Å². The van der Waals surface area contributed by atoms with E-state index in [4.69, 9.17) is 5.11 Å². The number of hydrogen-bond acceptors (Lipinski definition) is 4. The van der Waals surface area contributed by atoms with Gasteiger partial charge in [0.15, 0.2) is 0 Å². The average molecular weight is 274 g/mol. The lowest BCUT2D eigenvalue weighted by molar-refractivity contribution is -0.143. The Bertz CT molecular complexity index is 293. The minimum absolute atomic E-state index is 0.0554. The number of amides is 1. The molecule has 0 saturated carbocycles. The zero-order chi connectivity index (χ0) is 13.5. The van der Waals surface area contributed by atoms with Crippen LogP contribution in [0.2, 0.25) is 0 Å². The van der Waals surface area contributed by atoms with Gasteiger partial charge in [-0.25, -0.2) is 4.79 Å². The van der Waals surface area contributed by atoms with Crippen LogP contribution >= 0.6 is 11.8 Å². The Hall–Kier alpha value is -0.750. The monoisotopic (exact) mass is 274 g/mol. The topological polar surface area (TPSA) is 78.4 Å². The van der Waals surface area contributed by atoms with Gasteiger partial charge in [-0.3, -0.25) is 4.79 Å². The van der Waals surface area contributed by atoms with E-state index in [0.717, 1.165) is 24.5 Å². The third-order valence-corrected chi connectivity index (χ3v) is 4.36. The highest BCUT2D eigenvalue weighted by Gasteiger charge is 2.26. The Morgan fingerprint density at radius 1 is 1.56 bits per heavy atom. The second kappa shape index (κ2) is 7.63. The van der Waals surface area contributed by atoms with Gasteiger partial charge in [-0.2, -0.15) is 11.8 Å². The van der Waals surface area contributed by atoms with E-state index in [-0.39, 0.29) is 17.9 Å². The Balaban J connectivity index is 2.42. The molecule has 3 atom stereocenters. The fourth-order valence-corrected chi connectivity index (χ4v) is 2.84. The van der Waals surface area contributed by atoms with Crippen molar-refractivity contribution in [2.45, 2.75) is 38.8 Å². The molecule has 0 aromatic carbocycles. The molecule has 0 radical (unpaired) electrons. The molecular formula is C12H22N2O3S. The lowest BCUT2D eigenvalue weighted by Crippen LogP contribution is -2.48. The number of aliphatic carboxylic acids is 1. The van der Waals surface area contributed by atoms with Crippen molar-refractivity contribution in [3.8, 4) is 0 Å². The van der Waals surface area contributed by atoms with Crippen molar-refractivity contribution in [3.63, 3.8) is 0 Å². The summed E-state index contributed by atoms with van der Waals surface area (Å²) in [6.45, 7) is 4.68. The Morgan fingerprint density at radius 3 is 2.78 bits per heavy atom. The standard InChI is InChI=1S/C12H22N2O3S/c1-3-8(2)11(12(16)17)14-10(15)6-9-7-18-5-4-13-9/h8-9,11,13H,3-7H2,1-2H3,(H,14,15)(H,16,17)/t8-,9?,11-/m0/s1. The molecule has 0 aliphatic carbocycles. The maximum atomic E-state index is 11.8. The van der Waals surface area contributed by atoms with Crippen LogP contribution in [0.25, 0.3) is 0 Å². The summed E-state index contributed by atoms with van der Waals surface area (Å²) in [6.07, 6.45) is 1.09. The first kappa shape index (κ1) is 15.3. The Morgan fingerprint density at radius 2 is 2.28 bits per heavy atom. The normalized spacial score (nSPS) is 23.1. The first-order valence-electron chi connectivity index (χ1n) is 6.37. The van der Waals surface area contributed by atoms with Gasteiger partial charge in [-0.1, -0.05) is 20.3 Å². The van der Waals surface area contributed by atoms with E-state index in [1.807, 2.05) is 25.6 Å². The SMILES string of the molecule is CC[C@H](C)[C@H](NC(=O)CC1CSCCN1)C(=O)O. The highest BCUT2D eigenvalue weighted by atomic mass is 32.2. The number of carboxylic acid groups (broad SMARTS) is 1. The maximum absolute atomic E-state index is 11.8. The maximum Gasteiger partial charge on any atom is 0.326 e. The highest BCUT2D eigenvalue weighted by molar-refractivity contribution is 7.99. The van der Waals surface area contributed by atoms with E-state index in [2.05, 4.69) is 10.6 Å². The number of carbonyl (C=O) groups excluding carboxylic acids is 1. The number of hydrogen-bond donors (Lipinski definition) is 3. The molecule has 1 saturated heterocycles. The fourth-order valence-electron chi connectivity index (χ4n) is 1.89. The van der Waals surface area contributed by atoms with Crippen LogP contribution in [0.5, 0.6) is 0 Å². The molecule has 1 aliphatic rings. The molecule has 1 fully saturated rings. The van der Waals surface area contributed by atoms with Crippen molar-refractivity contribution >= 4 is 23.6 Å². The smallest absolute Gasteiger partial charge is 0.326 e. The minimum Gasteiger partial charge on any atom is -0.480 e. The van der Waals surface area contributed by atoms with Gasteiger partial charge >= 0.3 is 5.97 Å². The van der Waals surface area contributed by atoms with E-state index >= 15 is 0 Å². The summed E-state index contributed by atoms with van der Waals surface area (Å²) in [7, 11) is 0. The number of carbonyl (C=O) groups is 2. The van der Waals surface area contributed by atoms with E-state index in [1.54, 1.807) is 0 Å². The largest absolute Gasteiger partial charge is 0.480 e. The van der Waals surface area contributed by atoms with Gasteiger partial charge in [-0.05, 0) is 5.92 Å². The third kappa shape index (κ3) is 4.86. The molecule has 6 heteroatoms. The van der Waals surface area contributed by atoms with Crippen molar-refractivity contribution in [3.05, 3.63) is 0 Å². The number of rotatable bonds is 6.